The number of hydrogen-bond donors (Lipinski definition) is 1. The van der Waals surface area contributed by atoms with Gasteiger partial charge in [0.25, 0.3) is 0 Å². The van der Waals surface area contributed by atoms with Crippen LogP contribution in [-0.4, -0.2) is 151 Å². The van der Waals surface area contributed by atoms with Crippen molar-refractivity contribution in [1.82, 2.24) is 8.94 Å². The molecule has 0 saturated heterocycles. The molecule has 0 aliphatic rings. The monoisotopic (exact) mass is 1250 g/mol. The second-order valence-corrected chi connectivity index (χ2v) is 17.7. The Balaban J connectivity index is -0.0000266. The Bertz CT molecular complexity index is 2260. The minimum Gasteiger partial charge on any atom is -1.00 e. The number of halogens is 34. The van der Waals surface area contributed by atoms with Gasteiger partial charge in [-0.1, -0.05) is 13.8 Å². The molecule has 0 radical (unpaired) electrons. The maximum atomic E-state index is 14.7. The number of carbonyl (C=O) groups is 2. The Kier molecular flexibility index (Phi) is 21.3. The predicted molar refractivity (Wildman–Crippen MR) is 164 cm³/mol. The van der Waals surface area contributed by atoms with Gasteiger partial charge in [-0.15, -0.1) is 0 Å². The molecule has 48 heteroatoms. The molecule has 0 aromatic carbocycles. The maximum Gasteiger partial charge on any atom is 1.00 e. The summed E-state index contributed by atoms with van der Waals surface area (Å²) in [4.78, 5) is 31.5. The molecular formula is C27H22F34N3NaO8S2. The molecule has 0 bridgehead atoms. The third kappa shape index (κ3) is 11.0. The molecule has 0 rings (SSSR count). The average Bonchev–Trinajstić information content (AvgIpc) is 3.20. The van der Waals surface area contributed by atoms with Crippen LogP contribution in [0.15, 0.2) is 0 Å². The third-order valence-corrected chi connectivity index (χ3v) is 12.1. The van der Waals surface area contributed by atoms with E-state index in [1.165, 1.54) is 0 Å². The van der Waals surface area contributed by atoms with Crippen molar-refractivity contribution in [2.45, 2.75) is 140 Å². The Morgan fingerprint density at radius 1 is 0.413 bits per heavy atom. The molecule has 0 aromatic rings. The summed E-state index contributed by atoms with van der Waals surface area (Å²) in [7, 11) is -16.9. The van der Waals surface area contributed by atoms with Gasteiger partial charge in [-0.25, -0.2) is 21.6 Å². The van der Waals surface area contributed by atoms with Gasteiger partial charge in [0.1, 0.15) is 6.04 Å². The summed E-state index contributed by atoms with van der Waals surface area (Å²) in [5.74, 6) is -115. The van der Waals surface area contributed by atoms with Gasteiger partial charge in [0.2, 0.25) is 0 Å². The van der Waals surface area contributed by atoms with E-state index in [9.17, 15) is 176 Å². The molecule has 444 valence electrons. The molecule has 0 amide bonds. The van der Waals surface area contributed by atoms with E-state index in [-0.39, 0.29) is 31.0 Å². The van der Waals surface area contributed by atoms with Crippen molar-refractivity contribution in [2.75, 3.05) is 13.1 Å². The second kappa shape index (κ2) is 21.4. The minimum absolute atomic E-state index is 0. The first-order chi connectivity index (χ1) is 31.8. The zero-order valence-corrected chi connectivity index (χ0v) is 38.9. The fourth-order valence-electron chi connectivity index (χ4n) is 4.39. The summed E-state index contributed by atoms with van der Waals surface area (Å²) < 4.78 is 510. The van der Waals surface area contributed by atoms with E-state index >= 15 is 0 Å². The van der Waals surface area contributed by atoms with Gasteiger partial charge >= 0.3 is 155 Å². The molecule has 2 N–H and O–H groups in total. The van der Waals surface area contributed by atoms with E-state index in [1.807, 2.05) is 0 Å². The molecule has 11 nitrogen and oxygen atoms in total. The molecule has 0 saturated carbocycles. The van der Waals surface area contributed by atoms with Crippen molar-refractivity contribution in [1.29, 1.82) is 0 Å². The van der Waals surface area contributed by atoms with Crippen LogP contribution in [0.3, 0.4) is 0 Å². The van der Waals surface area contributed by atoms with E-state index in [4.69, 9.17) is 5.73 Å². The summed E-state index contributed by atoms with van der Waals surface area (Å²) >= 11 is 0. The van der Waals surface area contributed by atoms with Crippen LogP contribution in [0, 0.1) is 0 Å². The van der Waals surface area contributed by atoms with Crippen molar-refractivity contribution in [2.24, 2.45) is 5.73 Å². The number of carbonyl (C=O) groups excluding carboxylic acids is 2. The van der Waals surface area contributed by atoms with E-state index in [2.05, 4.69) is 9.68 Å². The van der Waals surface area contributed by atoms with Crippen molar-refractivity contribution >= 4 is 32.0 Å². The fourth-order valence-corrected chi connectivity index (χ4v) is 7.01. The number of nitrogens with zero attached hydrogens (tertiary/aromatic N) is 2. The van der Waals surface area contributed by atoms with Crippen molar-refractivity contribution in [3.63, 3.8) is 0 Å². The number of sulfonamides is 2. The van der Waals surface area contributed by atoms with Gasteiger partial charge in [0.15, 0.2) is 0 Å². The van der Waals surface area contributed by atoms with Crippen LogP contribution >= 0.6 is 0 Å². The topological polar surface area (TPSA) is 153 Å². The molecule has 0 heterocycles. The van der Waals surface area contributed by atoms with Gasteiger partial charge < -0.3 is 16.8 Å². The average molecular weight is 1250 g/mol. The summed E-state index contributed by atoms with van der Waals surface area (Å²) in [6.45, 7) is -3.54. The van der Waals surface area contributed by atoms with Crippen LogP contribution in [0.5, 0.6) is 0 Å². The molecular weight excluding hydrogens is 1230 g/mol. The largest absolute Gasteiger partial charge is 1.00 e. The van der Waals surface area contributed by atoms with Crippen LogP contribution in [0.2, 0.25) is 0 Å². The number of nitrogens with two attached hydrogens (primary N) is 1. The second-order valence-electron chi connectivity index (χ2n) is 14.0. The van der Waals surface area contributed by atoms with Crippen molar-refractivity contribution in [3.8, 4) is 0 Å². The van der Waals surface area contributed by atoms with Crippen molar-refractivity contribution in [3.05, 3.63) is 0 Å². The predicted octanol–water partition coefficient (Wildman–Crippen LogP) is 7.14. The Morgan fingerprint density at radius 3 is 0.853 bits per heavy atom. The standard InChI is InChI=1S/C27H21F34N3O8S2.Na.H/c1-3-7-63(73(67,68)26(58,59)22(48,49)18(40,41)14(32,33)12(28,29)16(36,37)20(44,45)24(52,53)54)71-10(65)6-5-9(62)11(66)72-64(8-4-2)74(69,70)27(60,61)23(50,51)19(42,43)15(34,35)13(30,31)17(38,39)21(46,47)25(55,56)57;;/h9H,3-8,62H2,1-2H3;;/q;+1;-1/t9-;;/m0../s1. The van der Waals surface area contributed by atoms with Crippen LogP contribution < -0.4 is 35.3 Å². The Hall–Kier alpha value is -2.66. The minimum atomic E-state index is -9.34. The van der Waals surface area contributed by atoms with Gasteiger partial charge in [0.05, 0.1) is 13.1 Å². The number of rotatable bonds is 26. The zero-order valence-electron chi connectivity index (χ0n) is 36.2. The summed E-state index contributed by atoms with van der Waals surface area (Å²) in [6, 6.07) is -3.18. The first-order valence-corrected chi connectivity index (χ1v) is 20.4. The van der Waals surface area contributed by atoms with Gasteiger partial charge in [-0.3, -0.25) is 4.79 Å². The summed E-state index contributed by atoms with van der Waals surface area (Å²) in [5.41, 5.74) is 4.95. The molecule has 0 unspecified atom stereocenters. The molecule has 1 atom stereocenters. The maximum absolute atomic E-state index is 14.7. The molecule has 75 heavy (non-hydrogen) atoms. The summed E-state index contributed by atoms with van der Waals surface area (Å²) in [6.07, 6.45) is -23.1. The van der Waals surface area contributed by atoms with Crippen molar-refractivity contribution < 1.29 is 216 Å². The molecule has 0 spiro atoms. The van der Waals surface area contributed by atoms with Crippen LogP contribution in [0.25, 0.3) is 0 Å². The first kappa shape index (κ1) is 74.4. The fraction of sp³-hybridized carbons (Fsp3) is 0.926. The molecule has 0 aliphatic carbocycles. The third-order valence-electron chi connectivity index (χ3n) is 8.74. The van der Waals surface area contributed by atoms with Gasteiger partial charge in [0, 0.05) is 6.42 Å². The first-order valence-electron chi connectivity index (χ1n) is 17.5. The number of hydrogen-bond acceptors (Lipinski definition) is 9. The number of alkyl halides is 34. The summed E-state index contributed by atoms with van der Waals surface area (Å²) in [5, 5.41) is -16.7. The van der Waals surface area contributed by atoms with E-state index in [1.54, 1.807) is 0 Å². The van der Waals surface area contributed by atoms with Crippen LogP contribution in [0.1, 0.15) is 41.0 Å². The van der Waals surface area contributed by atoms with Gasteiger partial charge in [-0.05, 0) is 28.2 Å². The molecule has 0 aromatic heterocycles. The Morgan fingerprint density at radius 2 is 0.627 bits per heavy atom. The quantitative estimate of drug-likeness (QED) is 0.0541. The number of hydroxylamine groups is 2. The van der Waals surface area contributed by atoms with Crippen LogP contribution in [-0.2, 0) is 39.3 Å². The van der Waals surface area contributed by atoms with Gasteiger partial charge in [-0.2, -0.15) is 149 Å². The van der Waals surface area contributed by atoms with E-state index in [0.29, 0.717) is 13.8 Å². The Labute approximate surface area is 415 Å². The van der Waals surface area contributed by atoms with E-state index < -0.39 is 180 Å². The van der Waals surface area contributed by atoms with Crippen LogP contribution in [0.4, 0.5) is 149 Å². The normalized spacial score (nSPS) is 16.3. The SMILES string of the molecule is CCCN(OC(=O)CC[C@H](N)C(=O)ON(CCC)S(=O)(=O)C(F)(F)C(F)(F)C(F)(F)C(F)(F)C(F)(F)C(F)(F)C(F)(F)C(F)(F)F)S(=O)(=O)C(F)(F)C(F)(F)C(F)(F)C(F)(F)C(F)(F)C(F)(F)C(F)(F)C(F)(F)F.[H-].[Na+]. The zero-order chi connectivity index (χ0) is 60.5. The smallest absolute Gasteiger partial charge is 1.00 e. The van der Waals surface area contributed by atoms with E-state index in [0.717, 1.165) is 0 Å². The molecule has 0 aliphatic heterocycles. The molecule has 0 fully saturated rings.